The van der Waals surface area contributed by atoms with E-state index in [2.05, 4.69) is 26.6 Å². The lowest BCUT2D eigenvalue weighted by atomic mass is 9.51. The van der Waals surface area contributed by atoms with Crippen LogP contribution >= 0.6 is 23.2 Å². The van der Waals surface area contributed by atoms with Crippen LogP contribution in [-0.2, 0) is 43.1 Å². The molecule has 6 heterocycles. The Hall–Kier alpha value is -8.97. The van der Waals surface area contributed by atoms with Crippen LogP contribution in [0.2, 0.25) is 10.0 Å². The molecule has 6 amide bonds. The Balaban J connectivity index is 0.898. The third-order valence-corrected chi connectivity index (χ3v) is 26.5. The number of hydrogen-bond donors (Lipinski definition) is 14. The summed E-state index contributed by atoms with van der Waals surface area (Å²) in [7, 11) is 0. The average molecular weight is 1610 g/mol. The predicted molar refractivity (Wildman–Crippen MR) is 407 cm³/mol. The highest BCUT2D eigenvalue weighted by molar-refractivity contribution is 6.32. The zero-order valence-corrected chi connectivity index (χ0v) is 64.6. The second-order valence-corrected chi connectivity index (χ2v) is 34.7. The molecule has 608 valence electrons. The number of carbonyl (C=O) groups excluding carboxylic acids is 9. The second-order valence-electron chi connectivity index (χ2n) is 33.9. The number of primary amides is 1. The van der Waals surface area contributed by atoms with Crippen LogP contribution in [0.5, 0.6) is 46.0 Å². The van der Waals surface area contributed by atoms with Gasteiger partial charge in [0.25, 0.3) is 0 Å². The first kappa shape index (κ1) is 80.2. The number of phenols is 2. The van der Waals surface area contributed by atoms with E-state index in [1.54, 1.807) is 6.92 Å². The van der Waals surface area contributed by atoms with Crippen LogP contribution in [-0.4, -0.2) is 149 Å². The summed E-state index contributed by atoms with van der Waals surface area (Å²) in [5.41, 5.74) is 4.49. The molecule has 5 aromatic rings. The Morgan fingerprint density at radius 3 is 1.79 bits per heavy atom. The van der Waals surface area contributed by atoms with Gasteiger partial charge < -0.3 is 96.9 Å². The molecule has 0 aromatic heterocycles. The molecule has 19 rings (SSSR count). The molecule has 1 unspecified atom stereocenters. The quantitative estimate of drug-likeness (QED) is 0.0467. The van der Waals surface area contributed by atoms with Crippen LogP contribution < -0.4 is 51.3 Å². The number of phenolic OH excluding ortho intramolecular Hbond substituents is 2. The number of fused-ring (bicyclic) bond motifs is 15. The van der Waals surface area contributed by atoms with Crippen molar-refractivity contribution in [2.45, 2.75) is 203 Å². The van der Waals surface area contributed by atoms with Gasteiger partial charge in [0.2, 0.25) is 41.6 Å². The van der Waals surface area contributed by atoms with E-state index in [-0.39, 0.29) is 114 Å². The molecule has 0 radical (unpaired) electrons. The number of ketones is 3. The molecule has 19 bridgehead atoms. The maximum atomic E-state index is 16.4. The molecular formula is C84H96Cl2N6O22. The summed E-state index contributed by atoms with van der Waals surface area (Å²) < 4.78 is 31.6. The molecule has 8 saturated carbocycles. The fourth-order valence-electron chi connectivity index (χ4n) is 20.7. The van der Waals surface area contributed by atoms with Crippen LogP contribution in [0.1, 0.15) is 182 Å². The fourth-order valence-corrected chi connectivity index (χ4v) is 21.2. The van der Waals surface area contributed by atoms with Gasteiger partial charge in [-0.05, 0) is 219 Å². The van der Waals surface area contributed by atoms with Crippen molar-refractivity contribution in [1.82, 2.24) is 26.6 Å². The Labute approximate surface area is 666 Å². The summed E-state index contributed by atoms with van der Waals surface area (Å²) in [5, 5.41) is 108. The SMILES string of the molecule is CC[C@H](CC(C)C)C(=O)N[C@H]1C(=O)C[C@@H](CC(N)=O)C(=O)NC2C(=O)C[C@H]3C(=O)N[C@H](C(=O)N[C@H](C(=O)CC4C5CC6CC(C5)CC4C6)c4cc(OC(=O)NC5C6CC7CC(C6)CC5C7)cc(O)c4-c4cc3ccc4O)[C@H](O)c3ccc(c(Cl)c3)Oc3cc2cc(c3O[C@@H]2O[C@H](CO)[C@@H](O)[C@H](O)[C@H]2O)Oc2ccc(cc2Cl)[C@H]1O. The van der Waals surface area contributed by atoms with E-state index in [0.29, 0.717) is 36.5 Å². The van der Waals surface area contributed by atoms with Crippen LogP contribution in [0.25, 0.3) is 11.1 Å². The molecule has 15 N–H and O–H groups in total. The topological polar surface area (TPSA) is 448 Å². The highest BCUT2D eigenvalue weighted by Gasteiger charge is 2.53. The summed E-state index contributed by atoms with van der Waals surface area (Å²) in [4.78, 5) is 137. The number of aromatic hydroxyl groups is 2. The standard InChI is InChI=1S/C84H96Cl2N6O22/c1-4-39(11-34(2)3)79(105)90-71-58(96)25-48(28-66(87)99)80(106)88-69-47-26-63(111-61-9-6-41(73(71)100)23-54(61)85)78(114-83-77(104)76(103)75(102)65(33-93)113-83)64(27-47)112-62-10-7-42(24-55(62)86)74(101)72-82(108)89-70(60(98)31-50-43-14-35-12-36(16-43)17-44(50)15-35)53-29-49(110-84(109)92-68-45-18-37-13-38(20-45)21-46(68)19-37)30-57(95)67(53)52-22-40(5-8-56(52)94)51(32-59(69)97)81(107)91-72/h5-10,22-24,26-27,29-30,34-39,43-46,48,50-51,65,68-77,83,93-95,100-104H,4,11-21,25,28,31-33H2,1-3H3,(H2,87,99)(H,88,106)(H,89,108)(H,90,105)(H,91,107)(H,92,109)/t35?,36?,37?,38?,39-,43?,44?,45?,46?,48+,50?,51-,65-,68?,69?,70+,71+,72+,73-,74-,75-,76+,77-,83+/m1/s1. The number of nitrogens with two attached hydrogens (primary N) is 1. The van der Waals surface area contributed by atoms with Crippen molar-refractivity contribution in [3.63, 3.8) is 0 Å². The van der Waals surface area contributed by atoms with Crippen molar-refractivity contribution in [3.05, 3.63) is 117 Å². The number of ether oxygens (including phenoxy) is 5. The molecule has 0 spiro atoms. The summed E-state index contributed by atoms with van der Waals surface area (Å²) in [5.74, 6) is -13.3. The van der Waals surface area contributed by atoms with E-state index in [1.807, 2.05) is 13.8 Å². The van der Waals surface area contributed by atoms with Crippen LogP contribution in [0.3, 0.4) is 0 Å². The number of benzene rings is 5. The lowest BCUT2D eigenvalue weighted by molar-refractivity contribution is -0.277. The summed E-state index contributed by atoms with van der Waals surface area (Å²) in [6, 6.07) is 7.72. The van der Waals surface area contributed by atoms with Gasteiger partial charge in [0.05, 0.1) is 28.5 Å². The lowest BCUT2D eigenvalue weighted by Crippen LogP contribution is -2.60. The molecule has 30 heteroatoms. The largest absolute Gasteiger partial charge is 0.507 e. The second kappa shape index (κ2) is 32.6. The first-order valence-corrected chi connectivity index (χ1v) is 40.4. The number of amides is 6. The van der Waals surface area contributed by atoms with Crippen molar-refractivity contribution in [2.75, 3.05) is 6.61 Å². The minimum absolute atomic E-state index is 0.000197. The van der Waals surface area contributed by atoms with Gasteiger partial charge in [0, 0.05) is 54.8 Å². The zero-order valence-electron chi connectivity index (χ0n) is 63.1. The average Bonchev–Trinajstić information content (AvgIpc) is 0.762. The molecule has 9 fully saturated rings. The lowest BCUT2D eigenvalue weighted by Gasteiger charge is -2.54. The predicted octanol–water partition coefficient (Wildman–Crippen LogP) is 8.44. The highest BCUT2D eigenvalue weighted by Crippen LogP contribution is 2.59. The zero-order chi connectivity index (χ0) is 80.7. The number of rotatable bonds is 15. The van der Waals surface area contributed by atoms with Crippen LogP contribution in [0.4, 0.5) is 4.79 Å². The van der Waals surface area contributed by atoms with Gasteiger partial charge in [-0.25, -0.2) is 4.79 Å². The van der Waals surface area contributed by atoms with Crippen molar-refractivity contribution in [3.8, 4) is 57.1 Å². The van der Waals surface area contributed by atoms with E-state index in [0.717, 1.165) is 82.1 Å². The third kappa shape index (κ3) is 16.1. The number of hydrogen-bond acceptors (Lipinski definition) is 22. The Morgan fingerprint density at radius 1 is 0.614 bits per heavy atom. The fraction of sp³-hybridized carbons (Fsp3) is 0.536. The third-order valence-electron chi connectivity index (χ3n) is 25.9. The summed E-state index contributed by atoms with van der Waals surface area (Å²) >= 11 is 14.3. The van der Waals surface area contributed by atoms with Crippen LogP contribution in [0.15, 0.2) is 78.9 Å². The van der Waals surface area contributed by atoms with E-state index >= 15 is 28.8 Å². The van der Waals surface area contributed by atoms with Gasteiger partial charge in [-0.15, -0.1) is 0 Å². The normalized spacial score (nSPS) is 33.1. The molecule has 114 heavy (non-hydrogen) atoms. The molecule has 1 saturated heterocycles. The number of aliphatic hydroxyl groups is 6. The van der Waals surface area contributed by atoms with E-state index in [4.69, 9.17) is 52.6 Å². The van der Waals surface area contributed by atoms with Crippen molar-refractivity contribution in [1.29, 1.82) is 0 Å². The number of nitrogens with one attached hydrogen (secondary N) is 5. The number of aliphatic hydroxyl groups excluding tert-OH is 6. The smallest absolute Gasteiger partial charge is 0.412 e. The molecular weight excluding hydrogens is 1520 g/mol. The molecule has 5 aromatic carbocycles. The van der Waals surface area contributed by atoms with E-state index in [1.165, 1.54) is 61.0 Å². The Bertz CT molecular complexity index is 4600. The van der Waals surface area contributed by atoms with Gasteiger partial charge in [-0.1, -0.05) is 62.2 Å². The minimum atomic E-state index is -2.15. The first-order chi connectivity index (χ1) is 54.4. The van der Waals surface area contributed by atoms with Gasteiger partial charge in [0.1, 0.15) is 89.5 Å². The van der Waals surface area contributed by atoms with Crippen LogP contribution in [0, 0.1) is 71.0 Å². The molecule has 28 nitrogen and oxygen atoms in total. The van der Waals surface area contributed by atoms with Crippen molar-refractivity contribution in [2.24, 2.45) is 76.7 Å². The maximum absolute atomic E-state index is 16.4. The van der Waals surface area contributed by atoms with Gasteiger partial charge in [-0.2, -0.15) is 0 Å². The summed E-state index contributed by atoms with van der Waals surface area (Å²) in [6.45, 7) is 4.63. The van der Waals surface area contributed by atoms with Gasteiger partial charge in [0.15, 0.2) is 28.8 Å². The Kier molecular flexibility index (Phi) is 22.9. The first-order valence-electron chi connectivity index (χ1n) is 39.7. The number of Topliss-reactive ketones (excluding diaryl/α,β-unsaturated/α-hetero) is 3. The molecule has 6 aliphatic heterocycles. The van der Waals surface area contributed by atoms with E-state index in [9.17, 15) is 55.2 Å². The van der Waals surface area contributed by atoms with Crippen molar-refractivity contribution >= 4 is 76.2 Å². The molecule has 14 aliphatic rings. The number of carbonyl (C=O) groups is 9. The highest BCUT2D eigenvalue weighted by atomic mass is 35.5. The monoisotopic (exact) mass is 1610 g/mol. The van der Waals surface area contributed by atoms with E-state index < -0.39 is 192 Å². The maximum Gasteiger partial charge on any atom is 0.412 e. The molecule has 8 aliphatic carbocycles. The Morgan fingerprint density at radius 2 is 1.21 bits per heavy atom. The number of halogens is 2. The van der Waals surface area contributed by atoms with Crippen molar-refractivity contribution < 1.29 is 108 Å². The summed E-state index contributed by atoms with van der Waals surface area (Å²) in [6.07, 6.45) is -7.08. The minimum Gasteiger partial charge on any atom is -0.507 e. The van der Waals surface area contributed by atoms with Gasteiger partial charge in [-0.3, -0.25) is 38.4 Å². The van der Waals surface area contributed by atoms with Gasteiger partial charge >= 0.3 is 6.09 Å². The molecule has 14 atom stereocenters.